The zero-order valence-corrected chi connectivity index (χ0v) is 30.3. The molecule has 1 spiro atoms. The average molecular weight is 706 g/mol. The molecular formula is C42H47N3O7. The van der Waals surface area contributed by atoms with Crippen LogP contribution < -0.4 is 15.4 Å². The number of carbonyl (C=O) groups is 4. The van der Waals surface area contributed by atoms with Crippen LogP contribution in [0.25, 0.3) is 0 Å². The molecule has 10 nitrogen and oxygen atoms in total. The summed E-state index contributed by atoms with van der Waals surface area (Å²) in [5.41, 5.74) is 3.22. The lowest BCUT2D eigenvalue weighted by Gasteiger charge is -2.62. The molecule has 1 saturated heterocycles. The van der Waals surface area contributed by atoms with Gasteiger partial charge in [-0.2, -0.15) is 0 Å². The fourth-order valence-electron chi connectivity index (χ4n) is 8.86. The van der Waals surface area contributed by atoms with Crippen molar-refractivity contribution in [3.05, 3.63) is 112 Å². The number of carbonyl (C=O) groups excluding carboxylic acids is 4. The number of benzene rings is 3. The maximum atomic E-state index is 13.8. The molecule has 2 N–H and O–H groups in total. The van der Waals surface area contributed by atoms with Crippen LogP contribution in [0.2, 0.25) is 0 Å². The number of nitrogens with zero attached hydrogens (tertiary/aromatic N) is 1. The summed E-state index contributed by atoms with van der Waals surface area (Å²) in [4.78, 5) is 55.1. The molecule has 52 heavy (non-hydrogen) atoms. The smallest absolute Gasteiger partial charge is 0.312 e. The molecule has 4 aliphatic rings. The fourth-order valence-corrected chi connectivity index (χ4v) is 8.86. The topological polar surface area (TPSA) is 123 Å². The van der Waals surface area contributed by atoms with E-state index < -0.39 is 29.1 Å². The maximum absolute atomic E-state index is 13.8. The minimum Gasteiger partial charge on any atom is -0.481 e. The summed E-state index contributed by atoms with van der Waals surface area (Å²) in [6, 6.07) is 23.1. The van der Waals surface area contributed by atoms with Crippen LogP contribution in [0.4, 0.5) is 0 Å². The Bertz CT molecular complexity index is 1900. The minimum atomic E-state index is -0.980. The van der Waals surface area contributed by atoms with Crippen molar-refractivity contribution < 1.29 is 33.4 Å². The number of amides is 2. The molecular weight excluding hydrogens is 658 g/mol. The van der Waals surface area contributed by atoms with Gasteiger partial charge < -0.3 is 24.8 Å². The van der Waals surface area contributed by atoms with Gasteiger partial charge in [0.25, 0.3) is 0 Å². The first kappa shape index (κ1) is 35.4. The maximum Gasteiger partial charge on any atom is 0.312 e. The molecule has 3 aromatic carbocycles. The summed E-state index contributed by atoms with van der Waals surface area (Å²) >= 11 is 0. The highest BCUT2D eigenvalue weighted by atomic mass is 16.6. The van der Waals surface area contributed by atoms with Gasteiger partial charge in [-0.3, -0.25) is 24.1 Å². The standard InChI is InChI=1S/C42H47N3O7/c1-26-15-16-31-25-33-42(52-35(47)19-23-44-40(49)28(3)30-13-9-6-10-14-30)20-17-32(38-41(42,21-24-45(33)4)36(31)37(26)51-38)50-34(46)18-22-43-39(48)27(2)29-11-7-5-8-12-29/h5-17,27-28,33,38H,18-25H2,1-4H3,(H,43,48)(H,44,49)/t27-,28-,33+,38-,41-,42+/m0/s1. The van der Waals surface area contributed by atoms with E-state index in [9.17, 15) is 19.2 Å². The number of rotatable bonds is 12. The van der Waals surface area contributed by atoms with E-state index in [0.29, 0.717) is 25.0 Å². The van der Waals surface area contributed by atoms with Gasteiger partial charge in [0.1, 0.15) is 17.1 Å². The van der Waals surface area contributed by atoms with E-state index in [0.717, 1.165) is 40.1 Å². The molecule has 3 aromatic rings. The van der Waals surface area contributed by atoms with E-state index in [2.05, 4.69) is 34.7 Å². The van der Waals surface area contributed by atoms with Gasteiger partial charge in [0.05, 0.1) is 36.1 Å². The second-order valence-corrected chi connectivity index (χ2v) is 14.7. The quantitative estimate of drug-likeness (QED) is 0.253. The van der Waals surface area contributed by atoms with Gasteiger partial charge in [0.15, 0.2) is 6.10 Å². The summed E-state index contributed by atoms with van der Waals surface area (Å²) in [5, 5.41) is 5.78. The van der Waals surface area contributed by atoms with E-state index in [1.165, 1.54) is 0 Å². The third-order valence-corrected chi connectivity index (χ3v) is 11.7. The Balaban J connectivity index is 1.09. The third-order valence-electron chi connectivity index (χ3n) is 11.7. The van der Waals surface area contributed by atoms with E-state index in [4.69, 9.17) is 14.2 Å². The molecule has 0 aromatic heterocycles. The normalized spacial score (nSPS) is 25.0. The highest BCUT2D eigenvalue weighted by Crippen LogP contribution is 2.65. The van der Waals surface area contributed by atoms with Gasteiger partial charge in [0.2, 0.25) is 11.8 Å². The molecule has 7 rings (SSSR count). The second-order valence-electron chi connectivity index (χ2n) is 14.7. The van der Waals surface area contributed by atoms with E-state index in [1.807, 2.05) is 87.5 Å². The summed E-state index contributed by atoms with van der Waals surface area (Å²) < 4.78 is 19.6. The van der Waals surface area contributed by atoms with Crippen molar-refractivity contribution in [2.45, 2.75) is 87.9 Å². The van der Waals surface area contributed by atoms with Crippen molar-refractivity contribution in [3.63, 3.8) is 0 Å². The van der Waals surface area contributed by atoms with Gasteiger partial charge in [-0.1, -0.05) is 72.8 Å². The van der Waals surface area contributed by atoms with Gasteiger partial charge in [0, 0.05) is 25.1 Å². The van der Waals surface area contributed by atoms with Crippen molar-refractivity contribution in [3.8, 4) is 5.75 Å². The highest BCUT2D eigenvalue weighted by Gasteiger charge is 2.74. The molecule has 10 heteroatoms. The molecule has 272 valence electrons. The molecule has 0 unspecified atom stereocenters. The molecule has 6 atom stereocenters. The molecule has 2 aliphatic carbocycles. The van der Waals surface area contributed by atoms with Crippen molar-refractivity contribution in [2.75, 3.05) is 26.7 Å². The number of hydrogen-bond acceptors (Lipinski definition) is 8. The number of piperidine rings is 1. The number of likely N-dealkylation sites (N-methyl/N-ethyl adjacent to an activating group) is 1. The zero-order valence-electron chi connectivity index (χ0n) is 30.3. The monoisotopic (exact) mass is 705 g/mol. The van der Waals surface area contributed by atoms with E-state index in [1.54, 1.807) is 0 Å². The molecule has 1 fully saturated rings. The summed E-state index contributed by atoms with van der Waals surface area (Å²) in [7, 11) is 2.06. The average Bonchev–Trinajstić information content (AvgIpc) is 3.51. The minimum absolute atomic E-state index is 0.0123. The number of hydrogen-bond donors (Lipinski definition) is 2. The van der Waals surface area contributed by atoms with Gasteiger partial charge in [-0.05, 0) is 75.5 Å². The Morgan fingerprint density at radius 2 is 1.46 bits per heavy atom. The Kier molecular flexibility index (Phi) is 9.69. The third kappa shape index (κ3) is 6.06. The lowest BCUT2D eigenvalue weighted by molar-refractivity contribution is -0.206. The molecule has 0 saturated carbocycles. The first-order valence-electron chi connectivity index (χ1n) is 18.3. The van der Waals surface area contributed by atoms with Crippen LogP contribution in [-0.4, -0.2) is 73.1 Å². The van der Waals surface area contributed by atoms with Crippen LogP contribution in [0.3, 0.4) is 0 Å². The predicted molar refractivity (Wildman–Crippen MR) is 195 cm³/mol. The lowest BCUT2D eigenvalue weighted by atomic mass is 9.50. The van der Waals surface area contributed by atoms with Gasteiger partial charge >= 0.3 is 11.9 Å². The first-order chi connectivity index (χ1) is 25.1. The van der Waals surface area contributed by atoms with Crippen molar-refractivity contribution in [2.24, 2.45) is 0 Å². The summed E-state index contributed by atoms with van der Waals surface area (Å²) in [6.07, 6.45) is 2.83. The second kappa shape index (κ2) is 14.2. The van der Waals surface area contributed by atoms with E-state index in [-0.39, 0.29) is 55.6 Å². The zero-order chi connectivity index (χ0) is 36.6. The fraction of sp³-hybridized carbons (Fsp3) is 0.429. The molecule has 2 bridgehead atoms. The SMILES string of the molecule is Cc1ccc2c3c1O[C@H]1C(OC(=O)CCNC(=O)[C@@H](C)c4ccccc4)=CC[C@@]4(OC(=O)CCNC(=O)[C@@H](C)c5ccccc5)[C@@H](C2)N(C)CC[C@]314. The van der Waals surface area contributed by atoms with Crippen LogP contribution >= 0.6 is 0 Å². The Hall–Kier alpha value is -4.96. The van der Waals surface area contributed by atoms with E-state index >= 15 is 0 Å². The summed E-state index contributed by atoms with van der Waals surface area (Å²) in [5.74, 6) is -0.719. The van der Waals surface area contributed by atoms with Crippen LogP contribution in [0.1, 0.15) is 79.2 Å². The van der Waals surface area contributed by atoms with Crippen LogP contribution in [0.5, 0.6) is 5.75 Å². The Morgan fingerprint density at radius 3 is 2.08 bits per heavy atom. The number of esters is 2. The highest BCUT2D eigenvalue weighted by molar-refractivity contribution is 5.84. The number of likely N-dealkylation sites (tertiary alicyclic amines) is 1. The van der Waals surface area contributed by atoms with Crippen LogP contribution in [-0.2, 0) is 40.5 Å². The lowest BCUT2D eigenvalue weighted by Crippen LogP contribution is -2.75. The Labute approximate surface area is 304 Å². The predicted octanol–water partition coefficient (Wildman–Crippen LogP) is 4.99. The van der Waals surface area contributed by atoms with Gasteiger partial charge in [-0.25, -0.2) is 0 Å². The molecule has 2 amide bonds. The Morgan fingerprint density at radius 1 is 0.865 bits per heavy atom. The van der Waals surface area contributed by atoms with Crippen LogP contribution in [0, 0.1) is 6.92 Å². The van der Waals surface area contributed by atoms with Crippen LogP contribution in [0.15, 0.2) is 84.6 Å². The molecule has 2 aliphatic heterocycles. The van der Waals surface area contributed by atoms with Crippen molar-refractivity contribution >= 4 is 23.8 Å². The number of aryl methyl sites for hydroxylation is 1. The first-order valence-corrected chi connectivity index (χ1v) is 18.3. The number of ether oxygens (including phenoxy) is 3. The summed E-state index contributed by atoms with van der Waals surface area (Å²) in [6.45, 7) is 6.72. The van der Waals surface area contributed by atoms with Crippen molar-refractivity contribution in [1.29, 1.82) is 0 Å². The van der Waals surface area contributed by atoms with Gasteiger partial charge in [-0.15, -0.1) is 0 Å². The number of nitrogens with one attached hydrogen (secondary N) is 2. The largest absolute Gasteiger partial charge is 0.481 e. The van der Waals surface area contributed by atoms with Crippen molar-refractivity contribution in [1.82, 2.24) is 15.5 Å². The molecule has 2 heterocycles. The molecule has 0 radical (unpaired) electrons.